The van der Waals surface area contributed by atoms with Gasteiger partial charge in [0, 0.05) is 18.1 Å². The van der Waals surface area contributed by atoms with Crippen LogP contribution in [0.25, 0.3) is 11.4 Å². The Kier molecular flexibility index (Phi) is 5.73. The molecule has 7 nitrogen and oxygen atoms in total. The summed E-state index contributed by atoms with van der Waals surface area (Å²) < 4.78 is 38.0. The fourth-order valence-corrected chi connectivity index (χ4v) is 3.48. The molecule has 0 radical (unpaired) electrons. The van der Waals surface area contributed by atoms with E-state index in [9.17, 15) is 23.1 Å². The minimum atomic E-state index is -4.47. The van der Waals surface area contributed by atoms with E-state index in [1.54, 1.807) is 18.4 Å². The molecule has 0 fully saturated rings. The maximum absolute atomic E-state index is 12.7. The van der Waals surface area contributed by atoms with Crippen LogP contribution >= 0.6 is 11.3 Å². The first-order valence-electron chi connectivity index (χ1n) is 8.47. The van der Waals surface area contributed by atoms with Gasteiger partial charge in [-0.3, -0.25) is 9.78 Å². The number of amides is 1. The monoisotopic (exact) mass is 425 g/mol. The number of nitrogens with two attached hydrogens (primary N) is 1. The molecule has 11 heteroatoms. The topological polar surface area (TPSA) is 117 Å². The van der Waals surface area contributed by atoms with Gasteiger partial charge in [-0.1, -0.05) is 0 Å². The number of carbonyl (C=O) groups is 1. The van der Waals surface area contributed by atoms with E-state index in [-0.39, 0.29) is 24.5 Å². The number of nitrogens with zero attached hydrogens (tertiary/aromatic N) is 2. The van der Waals surface area contributed by atoms with Gasteiger partial charge in [-0.25, -0.2) is 4.98 Å². The lowest BCUT2D eigenvalue weighted by Crippen LogP contribution is -2.48. The molecule has 3 aromatic rings. The number of pyridine rings is 1. The largest absolute Gasteiger partial charge is 0.417 e. The third-order valence-electron chi connectivity index (χ3n) is 4.28. The molecule has 0 saturated carbocycles. The number of hydrogen-bond acceptors (Lipinski definition) is 6. The van der Waals surface area contributed by atoms with Gasteiger partial charge in [0.15, 0.2) is 0 Å². The molecule has 0 aliphatic heterocycles. The van der Waals surface area contributed by atoms with Crippen molar-refractivity contribution in [3.8, 4) is 11.4 Å². The van der Waals surface area contributed by atoms with Gasteiger partial charge in [-0.15, -0.1) is 11.3 Å². The Morgan fingerprint density at radius 3 is 2.62 bits per heavy atom. The molecule has 3 aromatic heterocycles. The maximum Gasteiger partial charge on any atom is 0.417 e. The Bertz CT molecular complexity index is 1000. The van der Waals surface area contributed by atoms with Crippen molar-refractivity contribution >= 4 is 17.2 Å². The van der Waals surface area contributed by atoms with Crippen LogP contribution in [0, 0.1) is 0 Å². The number of alkyl halides is 3. The van der Waals surface area contributed by atoms with E-state index < -0.39 is 23.2 Å². The van der Waals surface area contributed by atoms with Crippen LogP contribution in [0.5, 0.6) is 0 Å². The highest BCUT2D eigenvalue weighted by atomic mass is 32.1. The van der Waals surface area contributed by atoms with Gasteiger partial charge < -0.3 is 21.1 Å². The number of carbonyl (C=O) groups excluding carboxylic acids is 1. The highest BCUT2D eigenvalue weighted by molar-refractivity contribution is 7.09. The standard InChI is InChI=1S/C18H18F3N5O2S/c1-17(9-22,16-24-11(7-27)8-29-16)26-15(28)14-5-4-13(25-14)12-3-2-10(6-23-12)18(19,20)21/h2-6,8,25,27H,7,9,22H2,1H3,(H,26,28). The summed E-state index contributed by atoms with van der Waals surface area (Å²) in [7, 11) is 0. The third kappa shape index (κ3) is 4.47. The number of aromatic nitrogens is 3. The molecule has 1 amide bonds. The molecule has 3 heterocycles. The van der Waals surface area contributed by atoms with Crippen LogP contribution in [0.3, 0.4) is 0 Å². The second-order valence-electron chi connectivity index (χ2n) is 6.51. The normalized spacial score (nSPS) is 13.9. The molecule has 0 aliphatic rings. The van der Waals surface area contributed by atoms with E-state index in [1.165, 1.54) is 23.5 Å². The number of thiazole rings is 1. The molecular weight excluding hydrogens is 407 g/mol. The lowest BCUT2D eigenvalue weighted by Gasteiger charge is -2.26. The number of aromatic amines is 1. The summed E-state index contributed by atoms with van der Waals surface area (Å²) in [6, 6.07) is 5.21. The zero-order valence-electron chi connectivity index (χ0n) is 15.2. The summed E-state index contributed by atoms with van der Waals surface area (Å²) in [6.07, 6.45) is -3.73. The average Bonchev–Trinajstić information content (AvgIpc) is 3.37. The average molecular weight is 425 g/mol. The van der Waals surface area contributed by atoms with Gasteiger partial charge in [0.25, 0.3) is 5.91 Å². The summed E-state index contributed by atoms with van der Waals surface area (Å²) in [5.41, 5.74) is 5.38. The molecule has 1 unspecified atom stereocenters. The van der Waals surface area contributed by atoms with Crippen molar-refractivity contribution in [1.82, 2.24) is 20.3 Å². The first-order chi connectivity index (χ1) is 13.7. The first kappa shape index (κ1) is 21.0. The van der Waals surface area contributed by atoms with Crippen molar-refractivity contribution in [3.05, 3.63) is 57.8 Å². The number of H-pyrrole nitrogens is 1. The van der Waals surface area contributed by atoms with Crippen LogP contribution in [0.1, 0.15) is 33.7 Å². The highest BCUT2D eigenvalue weighted by Gasteiger charge is 2.32. The van der Waals surface area contributed by atoms with E-state index in [2.05, 4.69) is 20.3 Å². The van der Waals surface area contributed by atoms with Crippen LogP contribution in [0.15, 0.2) is 35.8 Å². The summed E-state index contributed by atoms with van der Waals surface area (Å²) in [6.45, 7) is 1.57. The molecule has 154 valence electrons. The molecule has 0 spiro atoms. The Labute approximate surface area is 167 Å². The molecule has 29 heavy (non-hydrogen) atoms. The number of aliphatic hydroxyl groups is 1. The Morgan fingerprint density at radius 2 is 2.07 bits per heavy atom. The molecule has 0 aliphatic carbocycles. The number of aliphatic hydroxyl groups excluding tert-OH is 1. The van der Waals surface area contributed by atoms with E-state index in [4.69, 9.17) is 5.73 Å². The van der Waals surface area contributed by atoms with Crippen molar-refractivity contribution in [2.45, 2.75) is 25.2 Å². The van der Waals surface area contributed by atoms with Gasteiger partial charge in [0.1, 0.15) is 16.2 Å². The predicted octanol–water partition coefficient (Wildman–Crippen LogP) is 2.65. The molecule has 5 N–H and O–H groups in total. The van der Waals surface area contributed by atoms with E-state index in [0.29, 0.717) is 16.4 Å². The van der Waals surface area contributed by atoms with Gasteiger partial charge in [0.2, 0.25) is 0 Å². The third-order valence-corrected chi connectivity index (χ3v) is 5.44. The Hall–Kier alpha value is -2.76. The number of rotatable bonds is 6. The lowest BCUT2D eigenvalue weighted by atomic mass is 10.0. The molecule has 1 atom stereocenters. The molecule has 3 rings (SSSR count). The number of nitrogens with one attached hydrogen (secondary N) is 2. The van der Waals surface area contributed by atoms with Crippen molar-refractivity contribution in [3.63, 3.8) is 0 Å². The first-order valence-corrected chi connectivity index (χ1v) is 9.35. The van der Waals surface area contributed by atoms with Crippen molar-refractivity contribution < 1.29 is 23.1 Å². The molecule has 0 aromatic carbocycles. The maximum atomic E-state index is 12.7. The molecule has 0 bridgehead atoms. The minimum absolute atomic E-state index is 0.0746. The van der Waals surface area contributed by atoms with E-state index in [1.807, 2.05) is 0 Å². The SMILES string of the molecule is CC(CN)(NC(=O)c1ccc(-c2ccc(C(F)(F)F)cn2)[nH]1)c1nc(CO)cs1. The second kappa shape index (κ2) is 7.93. The summed E-state index contributed by atoms with van der Waals surface area (Å²) in [5, 5.41) is 14.2. The second-order valence-corrected chi connectivity index (χ2v) is 7.37. The fourth-order valence-electron chi connectivity index (χ4n) is 2.54. The fraction of sp³-hybridized carbons (Fsp3) is 0.278. The van der Waals surface area contributed by atoms with E-state index >= 15 is 0 Å². The minimum Gasteiger partial charge on any atom is -0.390 e. The smallest absolute Gasteiger partial charge is 0.390 e. The molecule has 0 saturated heterocycles. The zero-order chi connectivity index (χ0) is 21.2. The Morgan fingerprint density at radius 1 is 1.31 bits per heavy atom. The Balaban J connectivity index is 1.78. The van der Waals surface area contributed by atoms with Crippen molar-refractivity contribution in [2.75, 3.05) is 6.54 Å². The van der Waals surface area contributed by atoms with Crippen LogP contribution < -0.4 is 11.1 Å². The zero-order valence-corrected chi connectivity index (χ0v) is 16.1. The predicted molar refractivity (Wildman–Crippen MR) is 101 cm³/mol. The van der Waals surface area contributed by atoms with Gasteiger partial charge in [-0.2, -0.15) is 13.2 Å². The summed E-state index contributed by atoms with van der Waals surface area (Å²) in [5.74, 6) is -0.461. The van der Waals surface area contributed by atoms with Gasteiger partial charge in [0.05, 0.1) is 29.3 Å². The van der Waals surface area contributed by atoms with Gasteiger partial charge in [-0.05, 0) is 31.2 Å². The summed E-state index contributed by atoms with van der Waals surface area (Å²) >= 11 is 1.27. The van der Waals surface area contributed by atoms with Crippen molar-refractivity contribution in [2.24, 2.45) is 5.73 Å². The number of halogens is 3. The van der Waals surface area contributed by atoms with Crippen molar-refractivity contribution in [1.29, 1.82) is 0 Å². The van der Waals surface area contributed by atoms with Crippen LogP contribution in [-0.4, -0.2) is 32.5 Å². The quantitative estimate of drug-likeness (QED) is 0.484. The molecular formula is C18H18F3N5O2S. The van der Waals surface area contributed by atoms with Crippen LogP contribution in [0.4, 0.5) is 13.2 Å². The lowest BCUT2D eigenvalue weighted by molar-refractivity contribution is -0.137. The summed E-state index contributed by atoms with van der Waals surface area (Å²) in [4.78, 5) is 23.6. The van der Waals surface area contributed by atoms with E-state index in [0.717, 1.165) is 12.3 Å². The van der Waals surface area contributed by atoms with Crippen LogP contribution in [-0.2, 0) is 18.3 Å². The van der Waals surface area contributed by atoms with Crippen LogP contribution in [0.2, 0.25) is 0 Å². The number of hydrogen-bond donors (Lipinski definition) is 4. The van der Waals surface area contributed by atoms with Gasteiger partial charge >= 0.3 is 6.18 Å². The highest BCUT2D eigenvalue weighted by Crippen LogP contribution is 2.30.